The van der Waals surface area contributed by atoms with E-state index in [-0.39, 0.29) is 23.4 Å². The third-order valence-corrected chi connectivity index (χ3v) is 9.43. The molecule has 156 valence electrons. The van der Waals surface area contributed by atoms with Crippen LogP contribution in [0.5, 0.6) is 0 Å². The van der Waals surface area contributed by atoms with E-state index >= 15 is 0 Å². The average molecular weight is 389 g/mol. The van der Waals surface area contributed by atoms with Crippen LogP contribution in [0.25, 0.3) is 0 Å². The number of carboxylic acids is 1. The van der Waals surface area contributed by atoms with Crippen LogP contribution in [0, 0.1) is 40.4 Å². The highest BCUT2D eigenvalue weighted by molar-refractivity contribution is 5.70. The lowest BCUT2D eigenvalue weighted by molar-refractivity contribution is -0.152. The number of aliphatic carboxylic acids is 1. The van der Waals surface area contributed by atoms with Crippen molar-refractivity contribution >= 4 is 11.9 Å². The monoisotopic (exact) mass is 388 g/mol. The van der Waals surface area contributed by atoms with Crippen molar-refractivity contribution in [2.24, 2.45) is 40.4 Å². The fraction of sp³-hybridized carbons (Fsp3) is 0.833. The molecule has 3 saturated carbocycles. The van der Waals surface area contributed by atoms with Crippen LogP contribution in [0.1, 0.15) is 79.1 Å². The molecule has 4 nitrogen and oxygen atoms in total. The maximum atomic E-state index is 11.7. The molecule has 4 heteroatoms. The van der Waals surface area contributed by atoms with E-state index in [1.807, 2.05) is 6.92 Å². The Hall–Kier alpha value is -1.32. The quantitative estimate of drug-likeness (QED) is 0.532. The van der Waals surface area contributed by atoms with Crippen molar-refractivity contribution in [2.45, 2.75) is 85.2 Å². The van der Waals surface area contributed by atoms with Crippen LogP contribution < -0.4 is 0 Å². The molecule has 0 aromatic heterocycles. The second-order valence-corrected chi connectivity index (χ2v) is 10.6. The molecule has 0 aliphatic heterocycles. The molecule has 0 radical (unpaired) electrons. The lowest BCUT2D eigenvalue weighted by Gasteiger charge is -2.57. The van der Waals surface area contributed by atoms with Gasteiger partial charge in [0.15, 0.2) is 0 Å². The molecule has 3 fully saturated rings. The van der Waals surface area contributed by atoms with E-state index in [0.717, 1.165) is 44.9 Å². The first kappa shape index (κ1) is 20.0. The molecule has 0 aromatic rings. The molecule has 8 atom stereocenters. The maximum absolute atomic E-state index is 11.7. The normalized spacial score (nSPS) is 45.9. The van der Waals surface area contributed by atoms with Crippen molar-refractivity contribution in [3.05, 3.63) is 11.6 Å². The summed E-state index contributed by atoms with van der Waals surface area (Å²) in [6.45, 7) is 8.28. The smallest absolute Gasteiger partial charge is 0.306 e. The third-order valence-electron chi connectivity index (χ3n) is 9.43. The first-order valence-electron chi connectivity index (χ1n) is 11.3. The third kappa shape index (κ3) is 2.93. The van der Waals surface area contributed by atoms with Gasteiger partial charge in [0.05, 0.1) is 5.92 Å². The first-order valence-corrected chi connectivity index (χ1v) is 11.3. The predicted molar refractivity (Wildman–Crippen MR) is 108 cm³/mol. The Morgan fingerprint density at radius 1 is 1.11 bits per heavy atom. The number of rotatable bonds is 3. The van der Waals surface area contributed by atoms with Gasteiger partial charge in [-0.3, -0.25) is 9.59 Å². The molecule has 4 aliphatic rings. The van der Waals surface area contributed by atoms with E-state index < -0.39 is 5.97 Å². The van der Waals surface area contributed by atoms with Gasteiger partial charge in [-0.15, -0.1) is 0 Å². The molecule has 4 rings (SSSR count). The highest BCUT2D eigenvalue weighted by Crippen LogP contribution is 2.66. The summed E-state index contributed by atoms with van der Waals surface area (Å²) < 4.78 is 5.55. The number of carbonyl (C=O) groups is 2. The molecule has 4 aliphatic carbocycles. The number of hydrogen-bond donors (Lipinski definition) is 1. The molecule has 0 unspecified atom stereocenters. The summed E-state index contributed by atoms with van der Waals surface area (Å²) in [4.78, 5) is 23.1. The standard InChI is InChI=1S/C24H36O4/c1-14(22(26)27)19-7-8-20-18-6-5-16-13-17(28-15(2)25)9-11-23(16,3)21(18)10-12-24(19,20)4/h6,14,16-17,19-21H,5,7-13H2,1-4H3,(H,26,27)/t14-,16-,17-,19+,20-,21-,23-,24+/m0/s1. The lowest BCUT2D eigenvalue weighted by atomic mass is 9.47. The second-order valence-electron chi connectivity index (χ2n) is 10.6. The molecule has 0 spiro atoms. The van der Waals surface area contributed by atoms with Gasteiger partial charge >= 0.3 is 11.9 Å². The van der Waals surface area contributed by atoms with Gasteiger partial charge in [0.1, 0.15) is 6.10 Å². The fourth-order valence-electron chi connectivity index (χ4n) is 7.85. The van der Waals surface area contributed by atoms with Crippen LogP contribution in [-0.4, -0.2) is 23.1 Å². The Morgan fingerprint density at radius 3 is 2.46 bits per heavy atom. The molecule has 0 aromatic carbocycles. The van der Waals surface area contributed by atoms with Gasteiger partial charge in [-0.2, -0.15) is 0 Å². The molecule has 1 N–H and O–H groups in total. The summed E-state index contributed by atoms with van der Waals surface area (Å²) in [6, 6.07) is 0. The zero-order chi connectivity index (χ0) is 20.3. The van der Waals surface area contributed by atoms with Gasteiger partial charge in [0, 0.05) is 6.92 Å². The Morgan fingerprint density at radius 2 is 1.79 bits per heavy atom. The molecule has 0 amide bonds. The number of esters is 1. The minimum absolute atomic E-state index is 0.0895. The highest BCUT2D eigenvalue weighted by atomic mass is 16.5. The van der Waals surface area contributed by atoms with Crippen LogP contribution in [0.3, 0.4) is 0 Å². The Kier molecular flexibility index (Phi) is 4.91. The summed E-state index contributed by atoms with van der Waals surface area (Å²) in [5, 5.41) is 9.61. The summed E-state index contributed by atoms with van der Waals surface area (Å²) >= 11 is 0. The van der Waals surface area contributed by atoms with Gasteiger partial charge in [0.2, 0.25) is 0 Å². The summed E-state index contributed by atoms with van der Waals surface area (Å²) in [5.41, 5.74) is 2.09. The van der Waals surface area contributed by atoms with E-state index in [4.69, 9.17) is 4.74 Å². The van der Waals surface area contributed by atoms with Crippen molar-refractivity contribution in [3.63, 3.8) is 0 Å². The van der Waals surface area contributed by atoms with E-state index in [2.05, 4.69) is 19.9 Å². The summed E-state index contributed by atoms with van der Waals surface area (Å²) in [6.07, 6.45) is 11.3. The van der Waals surface area contributed by atoms with Crippen LogP contribution in [0.2, 0.25) is 0 Å². The second kappa shape index (κ2) is 6.88. The summed E-state index contributed by atoms with van der Waals surface area (Å²) in [5.74, 6) is 1.03. The van der Waals surface area contributed by atoms with E-state index in [1.165, 1.54) is 13.3 Å². The first-order chi connectivity index (χ1) is 13.2. The van der Waals surface area contributed by atoms with Gasteiger partial charge in [-0.1, -0.05) is 32.4 Å². The lowest BCUT2D eigenvalue weighted by Crippen LogP contribution is -2.50. The molecule has 0 bridgehead atoms. The maximum Gasteiger partial charge on any atom is 0.306 e. The SMILES string of the molecule is CC(=O)O[C@H]1CC[C@@]2(C)[C@@H](CC=C3[C@@H]2CC[C@]2(C)[C@@H]([C@H](C)C(=O)O)CC[C@@H]32)C1. The van der Waals surface area contributed by atoms with E-state index in [1.54, 1.807) is 5.57 Å². The predicted octanol–water partition coefficient (Wildman–Crippen LogP) is 5.22. The van der Waals surface area contributed by atoms with Crippen molar-refractivity contribution in [2.75, 3.05) is 0 Å². The van der Waals surface area contributed by atoms with Crippen LogP contribution in [-0.2, 0) is 14.3 Å². The number of carboxylic acid groups (broad SMARTS) is 1. The Balaban J connectivity index is 1.57. The van der Waals surface area contributed by atoms with Crippen molar-refractivity contribution in [1.29, 1.82) is 0 Å². The molecule has 0 saturated heterocycles. The zero-order valence-electron chi connectivity index (χ0n) is 17.9. The average Bonchev–Trinajstić information content (AvgIpc) is 2.98. The van der Waals surface area contributed by atoms with Crippen LogP contribution >= 0.6 is 0 Å². The summed E-state index contributed by atoms with van der Waals surface area (Å²) in [7, 11) is 0. The molecular weight excluding hydrogens is 352 g/mol. The number of hydrogen-bond acceptors (Lipinski definition) is 3. The molecule has 28 heavy (non-hydrogen) atoms. The van der Waals surface area contributed by atoms with Crippen LogP contribution in [0.4, 0.5) is 0 Å². The topological polar surface area (TPSA) is 63.6 Å². The number of allylic oxidation sites excluding steroid dienone is 2. The number of carbonyl (C=O) groups excluding carboxylic acids is 1. The number of fused-ring (bicyclic) bond motifs is 5. The van der Waals surface area contributed by atoms with Gasteiger partial charge in [-0.05, 0) is 85.9 Å². The minimum atomic E-state index is -0.637. The van der Waals surface area contributed by atoms with E-state index in [9.17, 15) is 14.7 Å². The van der Waals surface area contributed by atoms with Gasteiger partial charge < -0.3 is 9.84 Å². The number of ether oxygens (including phenoxy) is 1. The van der Waals surface area contributed by atoms with Crippen molar-refractivity contribution in [1.82, 2.24) is 0 Å². The van der Waals surface area contributed by atoms with Crippen molar-refractivity contribution in [3.8, 4) is 0 Å². The molecule has 0 heterocycles. The Bertz CT molecular complexity index is 697. The van der Waals surface area contributed by atoms with E-state index in [0.29, 0.717) is 29.1 Å². The zero-order valence-corrected chi connectivity index (χ0v) is 17.9. The van der Waals surface area contributed by atoms with Gasteiger partial charge in [0.25, 0.3) is 0 Å². The minimum Gasteiger partial charge on any atom is -0.481 e. The fourth-order valence-corrected chi connectivity index (χ4v) is 7.85. The van der Waals surface area contributed by atoms with Crippen LogP contribution in [0.15, 0.2) is 11.6 Å². The van der Waals surface area contributed by atoms with Gasteiger partial charge in [-0.25, -0.2) is 0 Å². The largest absolute Gasteiger partial charge is 0.481 e. The highest BCUT2D eigenvalue weighted by Gasteiger charge is 2.58. The van der Waals surface area contributed by atoms with Crippen molar-refractivity contribution < 1.29 is 19.4 Å². The Labute approximate surface area is 169 Å². The molecular formula is C24H36O4.